The maximum absolute atomic E-state index is 13.0. The number of carbonyl (C=O) groups is 1. The van der Waals surface area contributed by atoms with Gasteiger partial charge < -0.3 is 5.32 Å². The van der Waals surface area contributed by atoms with Crippen molar-refractivity contribution in [1.82, 2.24) is 9.62 Å². The van der Waals surface area contributed by atoms with E-state index in [-0.39, 0.29) is 29.8 Å². The topological polar surface area (TPSA) is 66.5 Å². The number of sulfonamides is 1. The molecule has 0 saturated carbocycles. The van der Waals surface area contributed by atoms with Gasteiger partial charge in [-0.25, -0.2) is 12.8 Å². The van der Waals surface area contributed by atoms with E-state index in [4.69, 9.17) is 0 Å². The molecule has 1 unspecified atom stereocenters. The molecule has 0 saturated heterocycles. The van der Waals surface area contributed by atoms with Crippen LogP contribution in [0.1, 0.15) is 25.5 Å². The largest absolute Gasteiger partial charge is 0.348 e. The molecule has 0 heterocycles. The van der Waals surface area contributed by atoms with Crippen LogP contribution in [0.4, 0.5) is 4.39 Å². The van der Waals surface area contributed by atoms with E-state index in [0.717, 1.165) is 14.3 Å². The Balaban J connectivity index is 2.07. The number of benzene rings is 2. The first-order chi connectivity index (χ1) is 12.2. The molecule has 2 rings (SSSR count). The molecule has 0 radical (unpaired) electrons. The van der Waals surface area contributed by atoms with Crippen molar-refractivity contribution in [1.29, 1.82) is 0 Å². The van der Waals surface area contributed by atoms with Gasteiger partial charge in [-0.2, -0.15) is 4.31 Å². The van der Waals surface area contributed by atoms with Crippen LogP contribution in [0.5, 0.6) is 0 Å². The average Bonchev–Trinajstić information content (AvgIpc) is 2.60. The summed E-state index contributed by atoms with van der Waals surface area (Å²) in [4.78, 5) is 12.4. The molecule has 140 valence electrons. The van der Waals surface area contributed by atoms with Crippen molar-refractivity contribution in [2.45, 2.75) is 24.8 Å². The van der Waals surface area contributed by atoms with Crippen LogP contribution in [0.3, 0.4) is 0 Å². The van der Waals surface area contributed by atoms with E-state index in [2.05, 4.69) is 21.2 Å². The molecule has 0 aliphatic carbocycles. The van der Waals surface area contributed by atoms with Crippen molar-refractivity contribution < 1.29 is 17.6 Å². The van der Waals surface area contributed by atoms with Gasteiger partial charge >= 0.3 is 0 Å². The molecule has 1 atom stereocenters. The van der Waals surface area contributed by atoms with Crippen LogP contribution < -0.4 is 5.32 Å². The Kier molecular flexibility index (Phi) is 6.91. The highest BCUT2D eigenvalue weighted by atomic mass is 79.9. The third-order valence-electron chi connectivity index (χ3n) is 3.87. The maximum atomic E-state index is 13.0. The van der Waals surface area contributed by atoms with Gasteiger partial charge in [-0.3, -0.25) is 4.79 Å². The average molecular weight is 443 g/mol. The number of nitrogens with one attached hydrogen (secondary N) is 1. The predicted octanol–water partition coefficient (Wildman–Crippen LogP) is 3.48. The minimum atomic E-state index is -3.77. The Labute approximate surface area is 161 Å². The number of likely N-dealkylation sites (N-methyl/N-ethyl adjacent to an activating group) is 1. The van der Waals surface area contributed by atoms with Crippen LogP contribution in [-0.2, 0) is 14.8 Å². The van der Waals surface area contributed by atoms with Gasteiger partial charge in [0.25, 0.3) is 0 Å². The number of hydrogen-bond acceptors (Lipinski definition) is 3. The molecule has 0 spiro atoms. The predicted molar refractivity (Wildman–Crippen MR) is 102 cm³/mol. The summed E-state index contributed by atoms with van der Waals surface area (Å²) >= 11 is 3.26. The highest BCUT2D eigenvalue weighted by Gasteiger charge is 2.25. The summed E-state index contributed by atoms with van der Waals surface area (Å²) in [6.07, 6.45) is 0. The molecule has 1 N–H and O–H groups in total. The van der Waals surface area contributed by atoms with E-state index in [0.29, 0.717) is 0 Å². The van der Waals surface area contributed by atoms with Crippen LogP contribution >= 0.6 is 15.9 Å². The Morgan fingerprint density at radius 1 is 1.15 bits per heavy atom. The fourth-order valence-electron chi connectivity index (χ4n) is 2.40. The van der Waals surface area contributed by atoms with Crippen LogP contribution in [0.2, 0.25) is 0 Å². The van der Waals surface area contributed by atoms with Crippen molar-refractivity contribution >= 4 is 31.9 Å². The minimum absolute atomic E-state index is 0.127. The number of hydrogen-bond donors (Lipinski definition) is 1. The lowest BCUT2D eigenvalue weighted by Crippen LogP contribution is -2.41. The fourth-order valence-corrected chi connectivity index (χ4v) is 4.07. The molecule has 0 fully saturated rings. The second-order valence-corrected chi connectivity index (χ2v) is 8.58. The first-order valence-electron chi connectivity index (χ1n) is 8.04. The van der Waals surface area contributed by atoms with Gasteiger partial charge in [-0.15, -0.1) is 0 Å². The standard InChI is InChI=1S/C18H20BrFN2O3S/c1-3-22(26(24,25)17-10-6-15(19)7-11-17)12-18(23)21-13(2)14-4-8-16(20)9-5-14/h4-11,13H,3,12H2,1-2H3,(H,21,23). The van der Waals surface area contributed by atoms with Gasteiger partial charge in [0.2, 0.25) is 15.9 Å². The molecule has 8 heteroatoms. The summed E-state index contributed by atoms with van der Waals surface area (Å²) < 4.78 is 40.3. The van der Waals surface area contributed by atoms with Crippen LogP contribution in [-0.4, -0.2) is 31.7 Å². The van der Waals surface area contributed by atoms with Crippen molar-refractivity contribution in [3.05, 3.63) is 64.4 Å². The number of carbonyl (C=O) groups excluding carboxylic acids is 1. The fraction of sp³-hybridized carbons (Fsp3) is 0.278. The van der Waals surface area contributed by atoms with Gasteiger partial charge in [0.05, 0.1) is 17.5 Å². The molecule has 2 aromatic rings. The molecule has 2 aromatic carbocycles. The van der Waals surface area contributed by atoms with Crippen molar-refractivity contribution in [2.24, 2.45) is 0 Å². The maximum Gasteiger partial charge on any atom is 0.243 e. The van der Waals surface area contributed by atoms with E-state index in [1.54, 1.807) is 38.1 Å². The van der Waals surface area contributed by atoms with E-state index in [1.807, 2.05) is 0 Å². The van der Waals surface area contributed by atoms with E-state index in [9.17, 15) is 17.6 Å². The Morgan fingerprint density at radius 2 is 1.73 bits per heavy atom. The van der Waals surface area contributed by atoms with E-state index in [1.165, 1.54) is 24.3 Å². The van der Waals surface area contributed by atoms with E-state index >= 15 is 0 Å². The molecular formula is C18H20BrFN2O3S. The first-order valence-corrected chi connectivity index (χ1v) is 10.3. The lowest BCUT2D eigenvalue weighted by atomic mass is 10.1. The zero-order valence-corrected chi connectivity index (χ0v) is 16.8. The second-order valence-electron chi connectivity index (χ2n) is 5.73. The van der Waals surface area contributed by atoms with E-state index < -0.39 is 15.9 Å². The third-order valence-corrected chi connectivity index (χ3v) is 6.34. The van der Waals surface area contributed by atoms with Crippen LogP contribution in [0, 0.1) is 5.82 Å². The lowest BCUT2D eigenvalue weighted by molar-refractivity contribution is -0.121. The van der Waals surface area contributed by atoms with Crippen molar-refractivity contribution in [3.8, 4) is 0 Å². The molecule has 0 aromatic heterocycles. The molecular weight excluding hydrogens is 423 g/mol. The van der Waals surface area contributed by atoms with Gasteiger partial charge in [0.1, 0.15) is 5.82 Å². The summed E-state index contributed by atoms with van der Waals surface area (Å²) in [7, 11) is -3.77. The van der Waals surface area contributed by atoms with Gasteiger partial charge in [-0.1, -0.05) is 35.0 Å². The SMILES string of the molecule is CCN(CC(=O)NC(C)c1ccc(F)cc1)S(=O)(=O)c1ccc(Br)cc1. The summed E-state index contributed by atoms with van der Waals surface area (Å²) in [6, 6.07) is 11.7. The van der Waals surface area contributed by atoms with Gasteiger partial charge in [0, 0.05) is 11.0 Å². The number of amides is 1. The molecule has 1 amide bonds. The quantitative estimate of drug-likeness (QED) is 0.713. The number of halogens is 2. The highest BCUT2D eigenvalue weighted by Crippen LogP contribution is 2.19. The van der Waals surface area contributed by atoms with Crippen molar-refractivity contribution in [2.75, 3.05) is 13.1 Å². The van der Waals surface area contributed by atoms with Gasteiger partial charge in [0.15, 0.2) is 0 Å². The summed E-state index contributed by atoms with van der Waals surface area (Å²) in [5, 5.41) is 2.74. The van der Waals surface area contributed by atoms with Gasteiger partial charge in [-0.05, 0) is 48.9 Å². The summed E-state index contributed by atoms with van der Waals surface area (Å²) in [5.41, 5.74) is 0.735. The summed E-state index contributed by atoms with van der Waals surface area (Å²) in [5.74, 6) is -0.783. The summed E-state index contributed by atoms with van der Waals surface area (Å²) in [6.45, 7) is 3.30. The lowest BCUT2D eigenvalue weighted by Gasteiger charge is -2.22. The van der Waals surface area contributed by atoms with Crippen LogP contribution in [0.15, 0.2) is 57.9 Å². The van der Waals surface area contributed by atoms with Crippen LogP contribution in [0.25, 0.3) is 0 Å². The zero-order chi connectivity index (χ0) is 19.3. The minimum Gasteiger partial charge on any atom is -0.348 e. The van der Waals surface area contributed by atoms with Crippen molar-refractivity contribution in [3.63, 3.8) is 0 Å². The normalized spacial score (nSPS) is 12.8. The molecule has 26 heavy (non-hydrogen) atoms. The Bertz CT molecular complexity index is 855. The number of nitrogens with zero attached hydrogens (tertiary/aromatic N) is 1. The smallest absolute Gasteiger partial charge is 0.243 e. The Morgan fingerprint density at radius 3 is 2.27 bits per heavy atom. The molecule has 0 aliphatic rings. The Hall–Kier alpha value is -1.77. The second kappa shape index (κ2) is 8.75. The first kappa shape index (κ1) is 20.5. The third kappa shape index (κ3) is 5.12. The number of rotatable bonds is 7. The molecule has 5 nitrogen and oxygen atoms in total. The monoisotopic (exact) mass is 442 g/mol. The molecule has 0 bridgehead atoms. The molecule has 0 aliphatic heterocycles. The zero-order valence-electron chi connectivity index (χ0n) is 14.4. The highest BCUT2D eigenvalue weighted by molar-refractivity contribution is 9.10.